The van der Waals surface area contributed by atoms with Crippen LogP contribution in [-0.4, -0.2) is 25.9 Å². The molecule has 0 heterocycles. The van der Waals surface area contributed by atoms with Gasteiger partial charge in [-0.2, -0.15) is 0 Å². The predicted octanol–water partition coefficient (Wildman–Crippen LogP) is 1.67. The summed E-state index contributed by atoms with van der Waals surface area (Å²) >= 11 is 0. The molecule has 0 unspecified atom stereocenters. The van der Waals surface area contributed by atoms with Crippen molar-refractivity contribution in [3.05, 3.63) is 59.7 Å². The lowest BCUT2D eigenvalue weighted by molar-refractivity contribution is 0.461. The first kappa shape index (κ1) is 16.4. The molecule has 0 amide bonds. The fraction of sp³-hybridized carbons (Fsp3) is 0. The summed E-state index contributed by atoms with van der Waals surface area (Å²) in [6.07, 6.45) is 3.31. The Balaban J connectivity index is 2.18. The molecule has 0 bridgehead atoms. The van der Waals surface area contributed by atoms with Gasteiger partial charge >= 0.3 is 0 Å². The van der Waals surface area contributed by atoms with E-state index in [1.165, 1.54) is 48.5 Å². The highest BCUT2D eigenvalue weighted by molar-refractivity contribution is 7.86. The van der Waals surface area contributed by atoms with Gasteiger partial charge in [0.25, 0.3) is 0 Å². The SMILES string of the molecule is O=S(=O)([O-])c1ccc(/C=C/c2ccc(S(=O)(=O)[O-])cc2)cc1. The number of benzene rings is 2. The summed E-state index contributed by atoms with van der Waals surface area (Å²) in [5.74, 6) is 0. The molecule has 2 rings (SSSR count). The maximum absolute atomic E-state index is 10.8. The lowest BCUT2D eigenvalue weighted by atomic mass is 10.1. The molecular formula is C14H10O6S2-2. The summed E-state index contributed by atoms with van der Waals surface area (Å²) in [5, 5.41) is 0. The van der Waals surface area contributed by atoms with Gasteiger partial charge in [0.05, 0.1) is 9.79 Å². The Hall–Kier alpha value is -2.00. The maximum atomic E-state index is 10.8. The van der Waals surface area contributed by atoms with Crippen molar-refractivity contribution in [3.8, 4) is 0 Å². The van der Waals surface area contributed by atoms with Gasteiger partial charge in [-0.3, -0.25) is 0 Å². The van der Waals surface area contributed by atoms with Crippen molar-refractivity contribution in [2.24, 2.45) is 0 Å². The molecule has 0 aromatic heterocycles. The molecule has 2 aromatic carbocycles. The van der Waals surface area contributed by atoms with E-state index in [4.69, 9.17) is 0 Å². The second-order valence-corrected chi connectivity index (χ2v) is 7.14. The van der Waals surface area contributed by atoms with E-state index in [0.29, 0.717) is 11.1 Å². The highest BCUT2D eigenvalue weighted by Gasteiger charge is 2.00. The molecular weight excluding hydrogens is 328 g/mol. The van der Waals surface area contributed by atoms with E-state index in [0.717, 1.165) is 0 Å². The van der Waals surface area contributed by atoms with Crippen molar-refractivity contribution in [1.29, 1.82) is 0 Å². The van der Waals surface area contributed by atoms with E-state index in [9.17, 15) is 25.9 Å². The molecule has 0 saturated carbocycles. The van der Waals surface area contributed by atoms with E-state index in [2.05, 4.69) is 0 Å². The van der Waals surface area contributed by atoms with Gasteiger partial charge in [-0.25, -0.2) is 16.8 Å². The smallest absolute Gasteiger partial charge is 0.124 e. The number of hydrogen-bond acceptors (Lipinski definition) is 6. The van der Waals surface area contributed by atoms with Gasteiger partial charge in [0, 0.05) is 0 Å². The summed E-state index contributed by atoms with van der Waals surface area (Å²) in [7, 11) is -8.93. The minimum absolute atomic E-state index is 0.311. The molecule has 0 spiro atoms. The Labute approximate surface area is 128 Å². The van der Waals surface area contributed by atoms with E-state index < -0.39 is 20.2 Å². The van der Waals surface area contributed by atoms with Crippen LogP contribution in [0.4, 0.5) is 0 Å². The Morgan fingerprint density at radius 3 is 1.09 bits per heavy atom. The Morgan fingerprint density at radius 1 is 0.591 bits per heavy atom. The molecule has 0 radical (unpaired) electrons. The van der Waals surface area contributed by atoms with Gasteiger partial charge in [0.15, 0.2) is 0 Å². The first-order valence-corrected chi connectivity index (χ1v) is 8.78. The zero-order valence-electron chi connectivity index (χ0n) is 11.0. The quantitative estimate of drug-likeness (QED) is 0.618. The van der Waals surface area contributed by atoms with Crippen LogP contribution in [0.15, 0.2) is 58.3 Å². The fourth-order valence-corrected chi connectivity index (χ4v) is 2.62. The highest BCUT2D eigenvalue weighted by atomic mass is 32.2. The normalized spacial score (nSPS) is 12.6. The molecule has 0 fully saturated rings. The van der Waals surface area contributed by atoms with E-state index in [1.807, 2.05) is 0 Å². The molecule has 0 aliphatic heterocycles. The summed E-state index contributed by atoms with van der Waals surface area (Å²) in [4.78, 5) is -0.621. The second-order valence-electron chi connectivity index (χ2n) is 4.38. The molecule has 0 aliphatic carbocycles. The fourth-order valence-electron chi connectivity index (χ4n) is 1.68. The Bertz CT molecular complexity index is 815. The average molecular weight is 338 g/mol. The zero-order valence-corrected chi connectivity index (χ0v) is 12.7. The topological polar surface area (TPSA) is 114 Å². The molecule has 116 valence electrons. The predicted molar refractivity (Wildman–Crippen MR) is 77.7 cm³/mol. The molecule has 22 heavy (non-hydrogen) atoms. The minimum atomic E-state index is -4.47. The molecule has 8 heteroatoms. The first-order valence-electron chi connectivity index (χ1n) is 5.96. The lowest BCUT2D eigenvalue weighted by Crippen LogP contribution is -1.97. The molecule has 2 aromatic rings. The van der Waals surface area contributed by atoms with Gasteiger partial charge in [-0.05, 0) is 35.4 Å². The summed E-state index contributed by atoms with van der Waals surface area (Å²) in [6, 6.07) is 10.7. The zero-order chi connectivity index (χ0) is 16.4. The number of hydrogen-bond donors (Lipinski definition) is 0. The van der Waals surface area contributed by atoms with Gasteiger partial charge in [0.2, 0.25) is 0 Å². The monoisotopic (exact) mass is 338 g/mol. The maximum Gasteiger partial charge on any atom is 0.124 e. The van der Waals surface area contributed by atoms with Crippen molar-refractivity contribution in [2.75, 3.05) is 0 Å². The third-order valence-electron chi connectivity index (χ3n) is 2.81. The standard InChI is InChI=1S/C14H12O6S2/c15-21(16,17)13-7-3-11(4-8-13)1-2-12-5-9-14(10-6-12)22(18,19)20/h1-10H,(H,15,16,17)(H,18,19,20)/p-2/b2-1+. The van der Waals surface area contributed by atoms with Crippen LogP contribution in [0.25, 0.3) is 12.2 Å². The summed E-state index contributed by atoms with van der Waals surface area (Å²) < 4.78 is 64.7. The van der Waals surface area contributed by atoms with Gasteiger partial charge in [-0.1, -0.05) is 36.4 Å². The van der Waals surface area contributed by atoms with Crippen LogP contribution in [-0.2, 0) is 20.2 Å². The Morgan fingerprint density at radius 2 is 0.864 bits per heavy atom. The van der Waals surface area contributed by atoms with Crippen LogP contribution >= 0.6 is 0 Å². The summed E-state index contributed by atoms with van der Waals surface area (Å²) in [5.41, 5.74) is 1.32. The highest BCUT2D eigenvalue weighted by Crippen LogP contribution is 2.14. The van der Waals surface area contributed by atoms with Gasteiger partial charge < -0.3 is 9.11 Å². The molecule has 0 N–H and O–H groups in total. The lowest BCUT2D eigenvalue weighted by Gasteiger charge is -2.07. The van der Waals surface area contributed by atoms with Crippen LogP contribution in [0.5, 0.6) is 0 Å². The molecule has 0 atom stereocenters. The van der Waals surface area contributed by atoms with Crippen molar-refractivity contribution < 1.29 is 25.9 Å². The van der Waals surface area contributed by atoms with E-state index >= 15 is 0 Å². The van der Waals surface area contributed by atoms with Crippen LogP contribution in [0.2, 0.25) is 0 Å². The third-order valence-corrected chi connectivity index (χ3v) is 4.50. The van der Waals surface area contributed by atoms with Crippen LogP contribution < -0.4 is 0 Å². The van der Waals surface area contributed by atoms with Crippen molar-refractivity contribution >= 4 is 32.4 Å². The number of rotatable bonds is 4. The van der Waals surface area contributed by atoms with E-state index in [-0.39, 0.29) is 9.79 Å². The van der Waals surface area contributed by atoms with Crippen molar-refractivity contribution in [3.63, 3.8) is 0 Å². The van der Waals surface area contributed by atoms with E-state index in [1.54, 1.807) is 12.2 Å². The van der Waals surface area contributed by atoms with Gasteiger partial charge in [0.1, 0.15) is 20.2 Å². The largest absolute Gasteiger partial charge is 0.744 e. The van der Waals surface area contributed by atoms with Crippen molar-refractivity contribution in [1.82, 2.24) is 0 Å². The molecule has 0 saturated heterocycles. The second kappa shape index (κ2) is 6.01. The third kappa shape index (κ3) is 4.25. The Kier molecular flexibility index (Phi) is 4.47. The minimum Gasteiger partial charge on any atom is -0.744 e. The van der Waals surface area contributed by atoms with Crippen LogP contribution in [0, 0.1) is 0 Å². The summed E-state index contributed by atoms with van der Waals surface area (Å²) in [6.45, 7) is 0. The van der Waals surface area contributed by atoms with Crippen LogP contribution in [0.1, 0.15) is 11.1 Å². The van der Waals surface area contributed by atoms with Gasteiger partial charge in [-0.15, -0.1) is 0 Å². The molecule has 0 aliphatic rings. The first-order chi connectivity index (χ1) is 10.2. The average Bonchev–Trinajstić information content (AvgIpc) is 2.44. The molecule has 6 nitrogen and oxygen atoms in total. The van der Waals surface area contributed by atoms with Crippen LogP contribution in [0.3, 0.4) is 0 Å². The van der Waals surface area contributed by atoms with Crippen molar-refractivity contribution in [2.45, 2.75) is 9.79 Å².